The van der Waals surface area contributed by atoms with E-state index in [2.05, 4.69) is 31.6 Å². The van der Waals surface area contributed by atoms with Crippen molar-refractivity contribution in [3.05, 3.63) is 41.2 Å². The number of nitrogens with zero attached hydrogens (tertiary/aromatic N) is 5. The van der Waals surface area contributed by atoms with Crippen molar-refractivity contribution in [2.24, 2.45) is 0 Å². The van der Waals surface area contributed by atoms with Crippen LogP contribution in [0.5, 0.6) is 0 Å². The Hall–Kier alpha value is -2.32. The van der Waals surface area contributed by atoms with Gasteiger partial charge in [-0.05, 0) is 37.2 Å². The van der Waals surface area contributed by atoms with E-state index < -0.39 is 0 Å². The SMILES string of the molecule is CN1CCN(Cc2nnc3n2-c2ccc(F)cc2CC3)CC1.O=CO. The highest BCUT2D eigenvalue weighted by atomic mass is 19.1. The zero-order chi connectivity index (χ0) is 17.8. The first kappa shape index (κ1) is 17.5. The van der Waals surface area contributed by atoms with Gasteiger partial charge in [0.2, 0.25) is 0 Å². The number of halogens is 1. The van der Waals surface area contributed by atoms with Crippen LogP contribution in [0.4, 0.5) is 4.39 Å². The second kappa shape index (κ2) is 7.71. The lowest BCUT2D eigenvalue weighted by molar-refractivity contribution is -0.122. The van der Waals surface area contributed by atoms with E-state index in [1.54, 1.807) is 6.07 Å². The molecule has 1 N–H and O–H groups in total. The molecule has 2 aliphatic heterocycles. The van der Waals surface area contributed by atoms with Crippen LogP contribution in [-0.4, -0.2) is 69.4 Å². The fraction of sp³-hybridized carbons (Fsp3) is 0.471. The Bertz CT molecular complexity index is 741. The lowest BCUT2D eigenvalue weighted by Gasteiger charge is -2.32. The minimum absolute atomic E-state index is 0.170. The van der Waals surface area contributed by atoms with Crippen LogP contribution in [0, 0.1) is 5.82 Å². The molecule has 0 unspecified atom stereocenters. The molecule has 7 nitrogen and oxygen atoms in total. The number of rotatable bonds is 2. The smallest absolute Gasteiger partial charge is 0.290 e. The summed E-state index contributed by atoms with van der Waals surface area (Å²) in [6.45, 7) is 4.83. The number of carboxylic acid groups (broad SMARTS) is 1. The molecule has 0 atom stereocenters. The van der Waals surface area contributed by atoms with Gasteiger partial charge >= 0.3 is 0 Å². The number of benzene rings is 1. The third kappa shape index (κ3) is 3.85. The summed E-state index contributed by atoms with van der Waals surface area (Å²) in [6.07, 6.45) is 1.66. The second-order valence-corrected chi connectivity index (χ2v) is 6.33. The molecule has 1 fully saturated rings. The molecule has 25 heavy (non-hydrogen) atoms. The van der Waals surface area contributed by atoms with Crippen LogP contribution in [0.2, 0.25) is 0 Å². The van der Waals surface area contributed by atoms with Gasteiger partial charge in [-0.3, -0.25) is 14.3 Å². The quantitative estimate of drug-likeness (QED) is 0.816. The zero-order valence-electron chi connectivity index (χ0n) is 14.2. The molecule has 1 aromatic heterocycles. The maximum absolute atomic E-state index is 13.5. The Morgan fingerprint density at radius 2 is 1.92 bits per heavy atom. The van der Waals surface area contributed by atoms with E-state index in [1.807, 2.05) is 6.07 Å². The lowest BCUT2D eigenvalue weighted by Crippen LogP contribution is -2.44. The number of carbonyl (C=O) groups is 1. The molecule has 2 aromatic rings. The van der Waals surface area contributed by atoms with Crippen molar-refractivity contribution in [1.82, 2.24) is 24.6 Å². The maximum Gasteiger partial charge on any atom is 0.290 e. The summed E-state index contributed by atoms with van der Waals surface area (Å²) in [6, 6.07) is 5.01. The van der Waals surface area contributed by atoms with Gasteiger partial charge < -0.3 is 10.0 Å². The molecule has 1 saturated heterocycles. The summed E-state index contributed by atoms with van der Waals surface area (Å²) in [7, 11) is 2.15. The molecule has 1 aromatic carbocycles. The number of fused-ring (bicyclic) bond motifs is 3. The standard InChI is InChI=1S/C16H20FN5.CH2O2/c1-20-6-8-21(9-7-20)11-16-19-18-15-5-2-12-10-13(17)3-4-14(12)22(15)16;2-1-3/h3-4,10H,2,5-9,11H2,1H3;1H,(H,2,3). The Kier molecular flexibility index (Phi) is 5.40. The summed E-state index contributed by atoms with van der Waals surface area (Å²) >= 11 is 0. The lowest BCUT2D eigenvalue weighted by atomic mass is 10.0. The number of hydrogen-bond donors (Lipinski definition) is 1. The van der Waals surface area contributed by atoms with Crippen LogP contribution >= 0.6 is 0 Å². The fourth-order valence-corrected chi connectivity index (χ4v) is 3.32. The van der Waals surface area contributed by atoms with Gasteiger partial charge in [-0.15, -0.1) is 10.2 Å². The Balaban J connectivity index is 0.000000569. The molecule has 0 bridgehead atoms. The predicted molar refractivity (Wildman–Crippen MR) is 90.2 cm³/mol. The molecule has 0 radical (unpaired) electrons. The topological polar surface area (TPSA) is 74.5 Å². The highest BCUT2D eigenvalue weighted by molar-refractivity contribution is 5.45. The highest BCUT2D eigenvalue weighted by Gasteiger charge is 2.23. The van der Waals surface area contributed by atoms with Gasteiger partial charge in [-0.1, -0.05) is 0 Å². The van der Waals surface area contributed by atoms with Crippen molar-refractivity contribution in [1.29, 1.82) is 0 Å². The Morgan fingerprint density at radius 1 is 1.20 bits per heavy atom. The summed E-state index contributed by atoms with van der Waals surface area (Å²) in [5.41, 5.74) is 2.09. The molecular weight excluding hydrogens is 325 g/mol. The zero-order valence-corrected chi connectivity index (χ0v) is 14.2. The molecule has 4 rings (SSSR count). The van der Waals surface area contributed by atoms with Gasteiger partial charge in [0.1, 0.15) is 11.6 Å². The van der Waals surface area contributed by atoms with Gasteiger partial charge in [0.05, 0.1) is 12.2 Å². The third-order valence-corrected chi connectivity index (χ3v) is 4.66. The highest BCUT2D eigenvalue weighted by Crippen LogP contribution is 2.26. The molecule has 134 valence electrons. The number of piperazine rings is 1. The Labute approximate surface area is 145 Å². The first-order valence-electron chi connectivity index (χ1n) is 8.33. The molecule has 3 heterocycles. The van der Waals surface area contributed by atoms with Crippen molar-refractivity contribution in [3.63, 3.8) is 0 Å². The van der Waals surface area contributed by atoms with Crippen molar-refractivity contribution in [3.8, 4) is 5.69 Å². The van der Waals surface area contributed by atoms with Gasteiger partial charge in [0.15, 0.2) is 5.82 Å². The first-order valence-corrected chi connectivity index (χ1v) is 8.33. The van der Waals surface area contributed by atoms with Gasteiger partial charge in [0.25, 0.3) is 6.47 Å². The molecule has 0 spiro atoms. The minimum Gasteiger partial charge on any atom is -0.483 e. The molecule has 0 aliphatic carbocycles. The number of hydrogen-bond acceptors (Lipinski definition) is 5. The monoisotopic (exact) mass is 347 g/mol. The number of likely N-dealkylation sites (N-methyl/N-ethyl adjacent to an activating group) is 1. The van der Waals surface area contributed by atoms with Crippen molar-refractivity contribution in [2.45, 2.75) is 19.4 Å². The van der Waals surface area contributed by atoms with Crippen LogP contribution in [0.25, 0.3) is 5.69 Å². The average Bonchev–Trinajstić information content (AvgIpc) is 3.01. The summed E-state index contributed by atoms with van der Waals surface area (Å²) < 4.78 is 15.6. The van der Waals surface area contributed by atoms with Crippen LogP contribution in [-0.2, 0) is 24.2 Å². The van der Waals surface area contributed by atoms with Crippen molar-refractivity contribution >= 4 is 6.47 Å². The molecule has 2 aliphatic rings. The van der Waals surface area contributed by atoms with Gasteiger partial charge in [0, 0.05) is 32.6 Å². The van der Waals surface area contributed by atoms with Crippen LogP contribution in [0.15, 0.2) is 18.2 Å². The van der Waals surface area contributed by atoms with Crippen molar-refractivity contribution < 1.29 is 14.3 Å². The van der Waals surface area contributed by atoms with E-state index in [4.69, 9.17) is 9.90 Å². The van der Waals surface area contributed by atoms with E-state index in [-0.39, 0.29) is 12.3 Å². The summed E-state index contributed by atoms with van der Waals surface area (Å²) in [5.74, 6) is 1.78. The van der Waals surface area contributed by atoms with E-state index in [9.17, 15) is 4.39 Å². The van der Waals surface area contributed by atoms with Gasteiger partial charge in [-0.2, -0.15) is 0 Å². The first-order chi connectivity index (χ1) is 12.1. The molecule has 8 heteroatoms. The third-order valence-electron chi connectivity index (χ3n) is 4.66. The molecular formula is C17H22FN5O2. The van der Waals surface area contributed by atoms with E-state index >= 15 is 0 Å². The van der Waals surface area contributed by atoms with Gasteiger partial charge in [-0.25, -0.2) is 4.39 Å². The fourth-order valence-electron chi connectivity index (χ4n) is 3.32. The molecule has 0 saturated carbocycles. The summed E-state index contributed by atoms with van der Waals surface area (Å²) in [5, 5.41) is 15.6. The Morgan fingerprint density at radius 3 is 2.64 bits per heavy atom. The van der Waals surface area contributed by atoms with E-state index in [0.29, 0.717) is 0 Å². The summed E-state index contributed by atoms with van der Waals surface area (Å²) in [4.78, 5) is 13.1. The largest absolute Gasteiger partial charge is 0.483 e. The van der Waals surface area contributed by atoms with Crippen LogP contribution < -0.4 is 0 Å². The molecule has 0 amide bonds. The van der Waals surface area contributed by atoms with Crippen molar-refractivity contribution in [2.75, 3.05) is 33.2 Å². The number of aryl methyl sites for hydroxylation is 2. The predicted octanol–water partition coefficient (Wildman–Crippen LogP) is 0.953. The minimum atomic E-state index is -0.250. The number of aromatic nitrogens is 3. The van der Waals surface area contributed by atoms with E-state index in [1.165, 1.54) is 6.07 Å². The van der Waals surface area contributed by atoms with Crippen LogP contribution in [0.3, 0.4) is 0 Å². The second-order valence-electron chi connectivity index (χ2n) is 6.33. The van der Waals surface area contributed by atoms with Crippen LogP contribution in [0.1, 0.15) is 17.2 Å². The normalized spacial score (nSPS) is 17.2. The van der Waals surface area contributed by atoms with E-state index in [0.717, 1.165) is 68.5 Å². The average molecular weight is 347 g/mol. The maximum atomic E-state index is 13.5.